The van der Waals surface area contributed by atoms with Crippen LogP contribution in [-0.2, 0) is 0 Å². The van der Waals surface area contributed by atoms with Gasteiger partial charge in [-0.1, -0.05) is 18.7 Å². The number of hydrogen-bond acceptors (Lipinski definition) is 4. The maximum Gasteiger partial charge on any atom is 0.0992 e. The van der Waals surface area contributed by atoms with Gasteiger partial charge in [0.15, 0.2) is 0 Å². The predicted molar refractivity (Wildman–Crippen MR) is 91.3 cm³/mol. The summed E-state index contributed by atoms with van der Waals surface area (Å²) >= 11 is 0. The van der Waals surface area contributed by atoms with E-state index in [1.54, 1.807) is 24.5 Å². The van der Waals surface area contributed by atoms with Crippen LogP contribution in [0, 0.1) is 11.3 Å². The molecule has 2 heterocycles. The van der Waals surface area contributed by atoms with Gasteiger partial charge in [0.1, 0.15) is 0 Å². The summed E-state index contributed by atoms with van der Waals surface area (Å²) in [5.41, 5.74) is 4.53. The maximum atomic E-state index is 8.99. The van der Waals surface area contributed by atoms with Crippen LogP contribution in [-0.4, -0.2) is 9.97 Å². The first-order valence-corrected chi connectivity index (χ1v) is 7.11. The Morgan fingerprint density at radius 1 is 1.00 bits per heavy atom. The summed E-state index contributed by atoms with van der Waals surface area (Å²) in [5.74, 6) is 0. The fourth-order valence-corrected chi connectivity index (χ4v) is 2.26. The number of benzene rings is 1. The number of hydrogen-bond donors (Lipinski definition) is 1. The van der Waals surface area contributed by atoms with Crippen LogP contribution in [0.4, 0.5) is 5.69 Å². The Bertz CT molecular complexity index is 879. The van der Waals surface area contributed by atoms with Crippen LogP contribution in [0.1, 0.15) is 11.1 Å². The molecule has 0 fully saturated rings. The molecule has 0 saturated carbocycles. The van der Waals surface area contributed by atoms with Crippen molar-refractivity contribution in [3.8, 4) is 17.5 Å². The summed E-state index contributed by atoms with van der Waals surface area (Å²) in [7, 11) is 0. The van der Waals surface area contributed by atoms with Gasteiger partial charge in [0.05, 0.1) is 23.0 Å². The lowest BCUT2D eigenvalue weighted by Crippen LogP contribution is -2.01. The smallest absolute Gasteiger partial charge is 0.0992 e. The molecule has 0 spiro atoms. The molecule has 1 N–H and O–H groups in total. The SMILES string of the molecule is C=C(Nc1cccc(C#N)c1)c1cccnc1-c1ccccn1. The monoisotopic (exact) mass is 298 g/mol. The van der Waals surface area contributed by atoms with Crippen molar-refractivity contribution in [3.63, 3.8) is 0 Å². The molecule has 1 aromatic carbocycles. The molecule has 0 radical (unpaired) electrons. The van der Waals surface area contributed by atoms with Crippen molar-refractivity contribution < 1.29 is 0 Å². The van der Waals surface area contributed by atoms with Crippen molar-refractivity contribution in [1.29, 1.82) is 5.26 Å². The van der Waals surface area contributed by atoms with Gasteiger partial charge in [-0.15, -0.1) is 0 Å². The molecule has 0 aliphatic rings. The second-order valence-electron chi connectivity index (χ2n) is 4.91. The Labute approximate surface area is 134 Å². The number of aromatic nitrogens is 2. The van der Waals surface area contributed by atoms with Crippen LogP contribution in [0.2, 0.25) is 0 Å². The number of pyridine rings is 2. The average Bonchev–Trinajstić information content (AvgIpc) is 2.62. The van der Waals surface area contributed by atoms with Gasteiger partial charge in [-0.25, -0.2) is 0 Å². The standard InChI is InChI=1S/C19H14N4/c1-14(23-16-7-4-6-15(12-16)13-20)17-8-5-11-22-19(17)18-9-2-3-10-21-18/h2-12,23H,1H2. The summed E-state index contributed by atoms with van der Waals surface area (Å²) in [4.78, 5) is 8.78. The van der Waals surface area contributed by atoms with Gasteiger partial charge >= 0.3 is 0 Å². The van der Waals surface area contributed by atoms with Crippen molar-refractivity contribution in [2.75, 3.05) is 5.32 Å². The molecule has 0 unspecified atom stereocenters. The number of anilines is 1. The molecule has 0 amide bonds. The van der Waals surface area contributed by atoms with E-state index < -0.39 is 0 Å². The fourth-order valence-electron chi connectivity index (χ4n) is 2.26. The Balaban J connectivity index is 1.93. The number of nitrogens with zero attached hydrogens (tertiary/aromatic N) is 3. The quantitative estimate of drug-likeness (QED) is 0.787. The van der Waals surface area contributed by atoms with Crippen LogP contribution in [0.25, 0.3) is 17.1 Å². The first kappa shape index (κ1) is 14.5. The zero-order valence-corrected chi connectivity index (χ0v) is 12.4. The minimum absolute atomic E-state index is 0.596. The van der Waals surface area contributed by atoms with Gasteiger partial charge in [-0.05, 0) is 42.5 Å². The molecule has 4 heteroatoms. The van der Waals surface area contributed by atoms with E-state index >= 15 is 0 Å². The van der Waals surface area contributed by atoms with E-state index in [0.717, 1.165) is 22.6 Å². The fraction of sp³-hybridized carbons (Fsp3) is 0. The lowest BCUT2D eigenvalue weighted by Gasteiger charge is -2.13. The normalized spacial score (nSPS) is 9.87. The Morgan fingerprint density at radius 2 is 1.87 bits per heavy atom. The van der Waals surface area contributed by atoms with Crippen molar-refractivity contribution in [3.05, 3.63) is 84.7 Å². The molecule has 23 heavy (non-hydrogen) atoms. The summed E-state index contributed by atoms with van der Waals surface area (Å²) in [6, 6.07) is 18.9. The third-order valence-electron chi connectivity index (χ3n) is 3.33. The maximum absolute atomic E-state index is 8.99. The van der Waals surface area contributed by atoms with Crippen LogP contribution in [0.5, 0.6) is 0 Å². The highest BCUT2D eigenvalue weighted by molar-refractivity contribution is 5.82. The molecule has 0 bridgehead atoms. The van der Waals surface area contributed by atoms with Crippen LogP contribution >= 0.6 is 0 Å². The highest BCUT2D eigenvalue weighted by Crippen LogP contribution is 2.25. The Hall–Kier alpha value is -3.45. The van der Waals surface area contributed by atoms with Crippen molar-refractivity contribution in [2.45, 2.75) is 0 Å². The van der Waals surface area contributed by atoms with Gasteiger partial charge in [-0.2, -0.15) is 5.26 Å². The van der Waals surface area contributed by atoms with Gasteiger partial charge in [0.2, 0.25) is 0 Å². The lowest BCUT2D eigenvalue weighted by atomic mass is 10.1. The second-order valence-corrected chi connectivity index (χ2v) is 4.91. The van der Waals surface area contributed by atoms with Gasteiger partial charge in [0, 0.05) is 29.3 Å². The third-order valence-corrected chi connectivity index (χ3v) is 3.33. The van der Waals surface area contributed by atoms with E-state index in [1.165, 1.54) is 0 Å². The second kappa shape index (κ2) is 6.54. The van der Waals surface area contributed by atoms with E-state index in [2.05, 4.69) is 27.9 Å². The van der Waals surface area contributed by atoms with Crippen molar-refractivity contribution >= 4 is 11.4 Å². The number of nitrogens with one attached hydrogen (secondary N) is 1. The van der Waals surface area contributed by atoms with Gasteiger partial charge in [0.25, 0.3) is 0 Å². The first-order valence-electron chi connectivity index (χ1n) is 7.11. The molecule has 4 nitrogen and oxygen atoms in total. The molecular formula is C19H14N4. The van der Waals surface area contributed by atoms with Crippen LogP contribution in [0.3, 0.4) is 0 Å². The molecule has 0 saturated heterocycles. The van der Waals surface area contributed by atoms with Crippen molar-refractivity contribution in [1.82, 2.24) is 9.97 Å². The summed E-state index contributed by atoms with van der Waals surface area (Å²) in [5, 5.41) is 12.2. The summed E-state index contributed by atoms with van der Waals surface area (Å²) in [6.45, 7) is 4.10. The van der Waals surface area contributed by atoms with Crippen LogP contribution < -0.4 is 5.32 Å². The Morgan fingerprint density at radius 3 is 2.65 bits per heavy atom. The van der Waals surface area contributed by atoms with E-state index in [-0.39, 0.29) is 0 Å². The largest absolute Gasteiger partial charge is 0.355 e. The lowest BCUT2D eigenvalue weighted by molar-refractivity contribution is 1.23. The minimum Gasteiger partial charge on any atom is -0.355 e. The van der Waals surface area contributed by atoms with Gasteiger partial charge in [-0.3, -0.25) is 9.97 Å². The minimum atomic E-state index is 0.596. The van der Waals surface area contributed by atoms with E-state index in [9.17, 15) is 0 Å². The molecule has 0 aliphatic carbocycles. The molecule has 2 aromatic heterocycles. The summed E-state index contributed by atoms with van der Waals surface area (Å²) in [6.07, 6.45) is 3.47. The molecule has 3 aromatic rings. The number of rotatable bonds is 4. The highest BCUT2D eigenvalue weighted by Gasteiger charge is 2.10. The van der Waals surface area contributed by atoms with E-state index in [1.807, 2.05) is 42.5 Å². The molecule has 0 aliphatic heterocycles. The van der Waals surface area contributed by atoms with Crippen LogP contribution in [0.15, 0.2) is 73.6 Å². The zero-order valence-electron chi connectivity index (χ0n) is 12.4. The predicted octanol–water partition coefficient (Wildman–Crippen LogP) is 4.10. The molecule has 0 atom stereocenters. The summed E-state index contributed by atoms with van der Waals surface area (Å²) < 4.78 is 0. The first-order chi connectivity index (χ1) is 11.3. The van der Waals surface area contributed by atoms with E-state index in [4.69, 9.17) is 5.26 Å². The van der Waals surface area contributed by atoms with E-state index in [0.29, 0.717) is 11.3 Å². The molecule has 110 valence electrons. The molecule has 3 rings (SSSR count). The topological polar surface area (TPSA) is 61.6 Å². The van der Waals surface area contributed by atoms with Gasteiger partial charge < -0.3 is 5.32 Å². The third kappa shape index (κ3) is 3.25. The average molecular weight is 298 g/mol. The van der Waals surface area contributed by atoms with Crippen molar-refractivity contribution in [2.24, 2.45) is 0 Å². The molecular weight excluding hydrogens is 284 g/mol. The Kier molecular flexibility index (Phi) is 4.12. The zero-order chi connectivity index (χ0) is 16.1. The number of nitriles is 1. The highest BCUT2D eigenvalue weighted by atomic mass is 14.9.